The highest BCUT2D eigenvalue weighted by atomic mass is 32.2. The van der Waals surface area contributed by atoms with Gasteiger partial charge in [0.1, 0.15) is 16.7 Å². The Hall–Kier alpha value is -1.73. The molecule has 7 heteroatoms. The lowest BCUT2D eigenvalue weighted by atomic mass is 10.2. The van der Waals surface area contributed by atoms with Crippen molar-refractivity contribution >= 4 is 28.6 Å². The van der Waals surface area contributed by atoms with Gasteiger partial charge < -0.3 is 9.84 Å². The summed E-state index contributed by atoms with van der Waals surface area (Å²) in [5, 5.41) is 9.75. The lowest BCUT2D eigenvalue weighted by molar-refractivity contribution is -0.133. The number of aliphatic carboxylic acids is 1. The smallest absolute Gasteiger partial charge is 0.313 e. The summed E-state index contributed by atoms with van der Waals surface area (Å²) in [6, 6.07) is 4.20. The van der Waals surface area contributed by atoms with E-state index >= 15 is 0 Å². The van der Waals surface area contributed by atoms with E-state index in [1.54, 1.807) is 13.2 Å². The number of ether oxygens (including phenoxy) is 1. The lowest BCUT2D eigenvalue weighted by Crippen LogP contribution is -2.04. The number of hydrogen-bond acceptors (Lipinski definition) is 5. The van der Waals surface area contributed by atoms with Crippen molar-refractivity contribution in [3.8, 4) is 0 Å². The van der Waals surface area contributed by atoms with Gasteiger partial charge in [-0.25, -0.2) is 14.4 Å². The zero-order valence-electron chi connectivity index (χ0n) is 10.8. The van der Waals surface area contributed by atoms with Crippen molar-refractivity contribution in [3.63, 3.8) is 0 Å². The highest BCUT2D eigenvalue weighted by Crippen LogP contribution is 2.26. The van der Waals surface area contributed by atoms with Gasteiger partial charge in [-0.1, -0.05) is 11.8 Å². The van der Waals surface area contributed by atoms with Gasteiger partial charge in [0, 0.05) is 18.9 Å². The molecule has 1 N–H and O–H groups in total. The van der Waals surface area contributed by atoms with E-state index in [2.05, 4.69) is 9.97 Å². The maximum Gasteiger partial charge on any atom is 0.313 e. The first-order valence-corrected chi connectivity index (χ1v) is 6.88. The summed E-state index contributed by atoms with van der Waals surface area (Å²) in [5.41, 5.74) is 0.598. The number of carboxylic acid groups (broad SMARTS) is 1. The molecule has 1 aromatic carbocycles. The largest absolute Gasteiger partial charge is 0.481 e. The molecule has 2 rings (SSSR count). The topological polar surface area (TPSA) is 72.3 Å². The number of carbonyl (C=O) groups is 1. The van der Waals surface area contributed by atoms with Crippen molar-refractivity contribution in [2.45, 2.75) is 11.4 Å². The summed E-state index contributed by atoms with van der Waals surface area (Å²) in [7, 11) is 1.58. The van der Waals surface area contributed by atoms with E-state index in [9.17, 15) is 9.18 Å². The molecule has 2 aromatic rings. The third-order valence-electron chi connectivity index (χ3n) is 2.53. The molecule has 0 unspecified atom stereocenters. The molecule has 0 saturated carbocycles. The fraction of sp³-hybridized carbons (Fsp3) is 0.308. The normalized spacial score (nSPS) is 10.9. The summed E-state index contributed by atoms with van der Waals surface area (Å²) in [6.07, 6.45) is 0.518. The first-order valence-electron chi connectivity index (χ1n) is 5.90. The van der Waals surface area contributed by atoms with Gasteiger partial charge in [-0.15, -0.1) is 0 Å². The molecule has 1 heterocycles. The van der Waals surface area contributed by atoms with Gasteiger partial charge in [-0.3, -0.25) is 4.79 Å². The minimum atomic E-state index is -0.948. The van der Waals surface area contributed by atoms with Crippen LogP contribution in [0.5, 0.6) is 0 Å². The second-order valence-corrected chi connectivity index (χ2v) is 5.00. The van der Waals surface area contributed by atoms with Gasteiger partial charge in [0.25, 0.3) is 0 Å². The number of nitrogens with zero attached hydrogens (tertiary/aromatic N) is 2. The molecular weight excluding hydrogens is 283 g/mol. The molecule has 0 spiro atoms. The van der Waals surface area contributed by atoms with E-state index in [4.69, 9.17) is 9.84 Å². The van der Waals surface area contributed by atoms with Crippen LogP contribution in [0.1, 0.15) is 5.82 Å². The van der Waals surface area contributed by atoms with Crippen LogP contribution in [-0.4, -0.2) is 40.5 Å². The number of rotatable bonds is 6. The minimum Gasteiger partial charge on any atom is -0.481 e. The van der Waals surface area contributed by atoms with E-state index < -0.39 is 11.8 Å². The van der Waals surface area contributed by atoms with Crippen LogP contribution in [-0.2, 0) is 16.0 Å². The summed E-state index contributed by atoms with van der Waals surface area (Å²) in [6.45, 7) is 0.468. The second-order valence-electron chi connectivity index (χ2n) is 4.03. The predicted octanol–water partition coefficient (Wildman–Crippen LogP) is 2.13. The molecule has 0 aliphatic carbocycles. The molecule has 1 aromatic heterocycles. The van der Waals surface area contributed by atoms with Crippen molar-refractivity contribution in [3.05, 3.63) is 29.8 Å². The molecule has 0 fully saturated rings. The number of benzene rings is 1. The molecule has 106 valence electrons. The number of hydrogen-bond donors (Lipinski definition) is 1. The summed E-state index contributed by atoms with van der Waals surface area (Å²) >= 11 is 1.06. The Balaban J connectivity index is 2.42. The fourth-order valence-corrected chi connectivity index (χ4v) is 2.41. The fourth-order valence-electron chi connectivity index (χ4n) is 1.66. The van der Waals surface area contributed by atoms with Crippen LogP contribution in [0.3, 0.4) is 0 Å². The van der Waals surface area contributed by atoms with Crippen LogP contribution in [0.15, 0.2) is 23.2 Å². The third kappa shape index (κ3) is 3.64. The molecule has 0 amide bonds. The quantitative estimate of drug-likeness (QED) is 0.650. The maximum atomic E-state index is 13.3. The average molecular weight is 296 g/mol. The van der Waals surface area contributed by atoms with Gasteiger partial charge in [-0.05, 0) is 18.2 Å². The summed E-state index contributed by atoms with van der Waals surface area (Å²) in [4.78, 5) is 19.3. The Bertz CT molecular complexity index is 636. The van der Waals surface area contributed by atoms with Crippen molar-refractivity contribution < 1.29 is 19.0 Å². The van der Waals surface area contributed by atoms with E-state index in [1.807, 2.05) is 0 Å². The van der Waals surface area contributed by atoms with Gasteiger partial charge >= 0.3 is 5.97 Å². The molecule has 0 aliphatic heterocycles. The van der Waals surface area contributed by atoms with Crippen LogP contribution in [0.4, 0.5) is 4.39 Å². The number of fused-ring (bicyclic) bond motifs is 1. The van der Waals surface area contributed by atoms with Crippen LogP contribution in [0, 0.1) is 5.82 Å². The van der Waals surface area contributed by atoms with E-state index in [0.29, 0.717) is 34.8 Å². The first kappa shape index (κ1) is 14.7. The van der Waals surface area contributed by atoms with E-state index in [-0.39, 0.29) is 5.75 Å². The van der Waals surface area contributed by atoms with E-state index in [1.165, 1.54) is 12.1 Å². The molecule has 20 heavy (non-hydrogen) atoms. The third-order valence-corrected chi connectivity index (χ3v) is 3.51. The zero-order valence-corrected chi connectivity index (χ0v) is 11.6. The number of thioether (sulfide) groups is 1. The van der Waals surface area contributed by atoms with Crippen LogP contribution < -0.4 is 0 Å². The first-order chi connectivity index (χ1) is 9.60. The van der Waals surface area contributed by atoms with Gasteiger partial charge in [0.05, 0.1) is 17.9 Å². The van der Waals surface area contributed by atoms with Crippen LogP contribution >= 0.6 is 11.8 Å². The number of aromatic nitrogens is 2. The second kappa shape index (κ2) is 6.62. The van der Waals surface area contributed by atoms with Crippen molar-refractivity contribution in [2.24, 2.45) is 0 Å². The zero-order chi connectivity index (χ0) is 14.5. The van der Waals surface area contributed by atoms with Gasteiger partial charge in [0.15, 0.2) is 0 Å². The van der Waals surface area contributed by atoms with E-state index in [0.717, 1.165) is 11.8 Å². The van der Waals surface area contributed by atoms with Crippen LogP contribution in [0.25, 0.3) is 10.9 Å². The summed E-state index contributed by atoms with van der Waals surface area (Å²) < 4.78 is 18.3. The number of methoxy groups -OCH3 is 1. The molecule has 0 saturated heterocycles. The monoisotopic (exact) mass is 296 g/mol. The predicted molar refractivity (Wildman–Crippen MR) is 73.4 cm³/mol. The number of halogens is 1. The maximum absolute atomic E-state index is 13.3. The molecule has 0 bridgehead atoms. The Morgan fingerprint density at radius 1 is 1.45 bits per heavy atom. The molecule has 5 nitrogen and oxygen atoms in total. The molecular formula is C13H13FN2O3S. The molecule has 0 aliphatic rings. The standard InChI is InChI=1S/C13H13FN2O3S/c1-19-5-4-11-15-10-3-2-8(14)6-9(10)13(16-11)20-7-12(17)18/h2-3,6H,4-5,7H2,1H3,(H,17,18). The average Bonchev–Trinajstić information content (AvgIpc) is 2.42. The Morgan fingerprint density at radius 2 is 2.25 bits per heavy atom. The SMILES string of the molecule is COCCc1nc(SCC(=O)O)c2cc(F)ccc2n1. The molecule has 0 radical (unpaired) electrons. The Labute approximate surface area is 119 Å². The lowest BCUT2D eigenvalue weighted by Gasteiger charge is -2.07. The van der Waals surface area contributed by atoms with Crippen LogP contribution in [0.2, 0.25) is 0 Å². The number of carboxylic acids is 1. The van der Waals surface area contributed by atoms with Crippen molar-refractivity contribution in [1.29, 1.82) is 0 Å². The Kier molecular flexibility index (Phi) is 4.86. The Morgan fingerprint density at radius 3 is 2.95 bits per heavy atom. The molecule has 0 atom stereocenters. The highest BCUT2D eigenvalue weighted by molar-refractivity contribution is 8.00. The summed E-state index contributed by atoms with van der Waals surface area (Å²) in [5.74, 6) is -0.926. The highest BCUT2D eigenvalue weighted by Gasteiger charge is 2.11. The van der Waals surface area contributed by atoms with Crippen molar-refractivity contribution in [1.82, 2.24) is 9.97 Å². The van der Waals surface area contributed by atoms with Gasteiger partial charge in [-0.2, -0.15) is 0 Å². The van der Waals surface area contributed by atoms with Crippen molar-refractivity contribution in [2.75, 3.05) is 19.5 Å². The van der Waals surface area contributed by atoms with Gasteiger partial charge in [0.2, 0.25) is 0 Å². The minimum absolute atomic E-state index is 0.133.